The normalized spacial score (nSPS) is 15.9. The Bertz CT molecular complexity index is 787. The zero-order valence-corrected chi connectivity index (χ0v) is 18.4. The largest absolute Gasteiger partial charge is 0.497 e. The van der Waals surface area contributed by atoms with Crippen molar-refractivity contribution in [2.24, 2.45) is 4.99 Å². The summed E-state index contributed by atoms with van der Waals surface area (Å²) in [7, 11) is 3.48. The van der Waals surface area contributed by atoms with Gasteiger partial charge in [-0.3, -0.25) is 4.99 Å². The zero-order chi connectivity index (χ0) is 20.6. The fourth-order valence-corrected chi connectivity index (χ4v) is 3.92. The molecule has 29 heavy (non-hydrogen) atoms. The number of guanidine groups is 1. The summed E-state index contributed by atoms with van der Waals surface area (Å²) in [4.78, 5) is 13.6. The number of aromatic nitrogens is 2. The van der Waals surface area contributed by atoms with E-state index in [9.17, 15) is 0 Å². The molecule has 0 aliphatic carbocycles. The van der Waals surface area contributed by atoms with Crippen LogP contribution in [0.5, 0.6) is 11.5 Å². The topological polar surface area (TPSA) is 75.1 Å². The predicted octanol–water partition coefficient (Wildman–Crippen LogP) is 2.27. The van der Waals surface area contributed by atoms with E-state index >= 15 is 0 Å². The maximum atomic E-state index is 5.97. The molecule has 0 spiro atoms. The predicted molar refractivity (Wildman–Crippen MR) is 118 cm³/mol. The molecular weight excluding hydrogens is 388 g/mol. The number of benzene rings is 1. The lowest BCUT2D eigenvalue weighted by Gasteiger charge is -2.36. The van der Waals surface area contributed by atoms with Gasteiger partial charge in [0.25, 0.3) is 0 Å². The van der Waals surface area contributed by atoms with E-state index in [1.54, 1.807) is 7.11 Å². The van der Waals surface area contributed by atoms with Gasteiger partial charge < -0.3 is 24.6 Å². The smallest absolute Gasteiger partial charge is 0.205 e. The minimum absolute atomic E-state index is 0.00953. The number of anilines is 1. The molecular formula is C20H30N6O2S. The fraction of sp³-hybridized carbons (Fsp3) is 0.550. The highest BCUT2D eigenvalue weighted by Gasteiger charge is 2.22. The van der Waals surface area contributed by atoms with Gasteiger partial charge in [0.05, 0.1) is 13.7 Å². The van der Waals surface area contributed by atoms with E-state index in [-0.39, 0.29) is 6.10 Å². The number of rotatable bonds is 7. The lowest BCUT2D eigenvalue weighted by molar-refractivity contribution is 0.221. The van der Waals surface area contributed by atoms with Crippen LogP contribution in [0.15, 0.2) is 29.3 Å². The summed E-state index contributed by atoms with van der Waals surface area (Å²) in [5.74, 6) is 3.48. The van der Waals surface area contributed by atoms with Gasteiger partial charge in [-0.1, -0.05) is 6.92 Å². The van der Waals surface area contributed by atoms with Crippen LogP contribution < -0.4 is 19.7 Å². The van der Waals surface area contributed by atoms with E-state index in [1.807, 2.05) is 38.2 Å². The average molecular weight is 419 g/mol. The number of hydrogen-bond donors (Lipinski definition) is 1. The Hall–Kier alpha value is -2.55. The fourth-order valence-electron chi connectivity index (χ4n) is 3.12. The van der Waals surface area contributed by atoms with Gasteiger partial charge in [-0.15, -0.1) is 0 Å². The van der Waals surface area contributed by atoms with Crippen molar-refractivity contribution in [1.29, 1.82) is 0 Å². The Morgan fingerprint density at radius 3 is 2.48 bits per heavy atom. The first kappa shape index (κ1) is 21.2. The van der Waals surface area contributed by atoms with E-state index < -0.39 is 0 Å². The number of nitrogens with zero attached hydrogens (tertiary/aromatic N) is 5. The number of aliphatic imine (C=N–C) groups is 1. The number of aryl methyl sites for hydroxylation is 1. The Kier molecular flexibility index (Phi) is 7.51. The molecule has 3 rings (SSSR count). The van der Waals surface area contributed by atoms with Gasteiger partial charge in [0.2, 0.25) is 5.13 Å². The van der Waals surface area contributed by atoms with Crippen molar-refractivity contribution in [2.45, 2.75) is 26.4 Å². The lowest BCUT2D eigenvalue weighted by atomic mass is 10.3. The van der Waals surface area contributed by atoms with Crippen molar-refractivity contribution in [3.8, 4) is 11.5 Å². The molecule has 2 heterocycles. The molecule has 0 amide bonds. The van der Waals surface area contributed by atoms with Crippen LogP contribution >= 0.6 is 11.5 Å². The van der Waals surface area contributed by atoms with Crippen LogP contribution in [-0.4, -0.2) is 73.2 Å². The molecule has 1 aromatic heterocycles. The Labute approximate surface area is 176 Å². The van der Waals surface area contributed by atoms with E-state index in [0.29, 0.717) is 6.54 Å². The molecule has 1 N–H and O–H groups in total. The highest BCUT2D eigenvalue weighted by atomic mass is 32.1. The maximum Gasteiger partial charge on any atom is 0.205 e. The molecule has 1 aliphatic heterocycles. The van der Waals surface area contributed by atoms with Crippen molar-refractivity contribution in [3.05, 3.63) is 30.1 Å². The second-order valence-corrected chi connectivity index (χ2v) is 7.58. The summed E-state index contributed by atoms with van der Waals surface area (Å²) in [6.45, 7) is 8.42. The summed E-state index contributed by atoms with van der Waals surface area (Å²) < 4.78 is 15.5. The second kappa shape index (κ2) is 10.3. The Morgan fingerprint density at radius 1 is 1.21 bits per heavy atom. The van der Waals surface area contributed by atoms with Crippen LogP contribution in [0.2, 0.25) is 0 Å². The first-order valence-electron chi connectivity index (χ1n) is 9.96. The van der Waals surface area contributed by atoms with Crippen LogP contribution in [0.4, 0.5) is 5.13 Å². The summed E-state index contributed by atoms with van der Waals surface area (Å²) >= 11 is 1.49. The van der Waals surface area contributed by atoms with E-state index in [2.05, 4.69) is 36.4 Å². The average Bonchev–Trinajstić information content (AvgIpc) is 3.24. The standard InChI is InChI=1S/C20H30N6O2S/c1-5-18-23-20(29-24-18)26-12-10-25(11-13-26)19(21-3)22-14-15(2)28-17-8-6-16(27-4)7-9-17/h6-9,15H,5,10-14H2,1-4H3,(H,21,22). The zero-order valence-electron chi connectivity index (χ0n) is 17.6. The number of ether oxygens (including phenoxy) is 2. The molecule has 1 fully saturated rings. The van der Waals surface area contributed by atoms with Crippen molar-refractivity contribution in [2.75, 3.05) is 51.8 Å². The summed E-state index contributed by atoms with van der Waals surface area (Å²) in [6.07, 6.45) is 0.888. The Balaban J connectivity index is 1.45. The van der Waals surface area contributed by atoms with Crippen LogP contribution in [0, 0.1) is 0 Å². The minimum atomic E-state index is 0.00953. The molecule has 2 aromatic rings. The molecule has 0 bridgehead atoms. The van der Waals surface area contributed by atoms with Crippen molar-refractivity contribution < 1.29 is 9.47 Å². The van der Waals surface area contributed by atoms with Crippen molar-refractivity contribution in [1.82, 2.24) is 19.6 Å². The second-order valence-electron chi connectivity index (χ2n) is 6.85. The Morgan fingerprint density at radius 2 is 1.90 bits per heavy atom. The van der Waals surface area contributed by atoms with E-state index in [0.717, 1.165) is 61.0 Å². The SMILES string of the molecule is CCc1nsc(N2CCN(C(=NC)NCC(C)Oc3ccc(OC)cc3)CC2)n1. The van der Waals surface area contributed by atoms with Crippen molar-refractivity contribution >= 4 is 22.6 Å². The van der Waals surface area contributed by atoms with Gasteiger partial charge in [-0.05, 0) is 31.2 Å². The van der Waals surface area contributed by atoms with E-state index in [4.69, 9.17) is 9.47 Å². The molecule has 158 valence electrons. The molecule has 1 atom stereocenters. The molecule has 8 nitrogen and oxygen atoms in total. The van der Waals surface area contributed by atoms with Gasteiger partial charge in [0.1, 0.15) is 23.4 Å². The summed E-state index contributed by atoms with van der Waals surface area (Å²) in [5, 5.41) is 4.45. The van der Waals surface area contributed by atoms with Gasteiger partial charge in [-0.25, -0.2) is 4.98 Å². The van der Waals surface area contributed by atoms with Gasteiger partial charge in [0, 0.05) is 51.2 Å². The lowest BCUT2D eigenvalue weighted by Crippen LogP contribution is -2.53. The minimum Gasteiger partial charge on any atom is -0.497 e. The van der Waals surface area contributed by atoms with Gasteiger partial charge in [-0.2, -0.15) is 4.37 Å². The number of piperazine rings is 1. The molecule has 9 heteroatoms. The number of methoxy groups -OCH3 is 1. The van der Waals surface area contributed by atoms with Crippen LogP contribution in [0.1, 0.15) is 19.7 Å². The summed E-state index contributed by atoms with van der Waals surface area (Å²) in [5.41, 5.74) is 0. The third-order valence-corrected chi connectivity index (χ3v) is 5.59. The van der Waals surface area contributed by atoms with Gasteiger partial charge in [0.15, 0.2) is 5.96 Å². The molecule has 1 aliphatic rings. The maximum absolute atomic E-state index is 5.97. The number of nitrogens with one attached hydrogen (secondary N) is 1. The molecule has 1 saturated heterocycles. The molecule has 0 radical (unpaired) electrons. The summed E-state index contributed by atoms with van der Waals surface area (Å²) in [6, 6.07) is 7.63. The first-order valence-corrected chi connectivity index (χ1v) is 10.7. The highest BCUT2D eigenvalue weighted by Crippen LogP contribution is 2.20. The van der Waals surface area contributed by atoms with Crippen molar-refractivity contribution in [3.63, 3.8) is 0 Å². The molecule has 1 aromatic carbocycles. The monoisotopic (exact) mass is 418 g/mol. The molecule has 0 saturated carbocycles. The van der Waals surface area contributed by atoms with Crippen LogP contribution in [-0.2, 0) is 6.42 Å². The quantitative estimate of drug-likeness (QED) is 0.546. The number of hydrogen-bond acceptors (Lipinski definition) is 7. The molecule has 1 unspecified atom stereocenters. The van der Waals surface area contributed by atoms with E-state index in [1.165, 1.54) is 11.5 Å². The third kappa shape index (κ3) is 5.72. The highest BCUT2D eigenvalue weighted by molar-refractivity contribution is 7.09. The third-order valence-electron chi connectivity index (χ3n) is 4.78. The van der Waals surface area contributed by atoms with Gasteiger partial charge >= 0.3 is 0 Å². The van der Waals surface area contributed by atoms with Crippen LogP contribution in [0.3, 0.4) is 0 Å². The van der Waals surface area contributed by atoms with Crippen LogP contribution in [0.25, 0.3) is 0 Å². The first-order chi connectivity index (χ1) is 14.1.